The molecule has 0 aliphatic carbocycles. The van der Waals surface area contributed by atoms with Gasteiger partial charge in [-0.25, -0.2) is 4.98 Å². The van der Waals surface area contributed by atoms with Crippen molar-refractivity contribution in [2.75, 3.05) is 72.4 Å². The summed E-state index contributed by atoms with van der Waals surface area (Å²) >= 11 is 0. The van der Waals surface area contributed by atoms with Gasteiger partial charge in [-0.2, -0.15) is 0 Å². The molecule has 1 atom stereocenters. The maximum absolute atomic E-state index is 5.42. The van der Waals surface area contributed by atoms with E-state index >= 15 is 0 Å². The van der Waals surface area contributed by atoms with Crippen molar-refractivity contribution in [2.24, 2.45) is 0 Å². The fourth-order valence-electron chi connectivity index (χ4n) is 7.08. The van der Waals surface area contributed by atoms with Crippen molar-refractivity contribution in [3.8, 4) is 5.75 Å². The minimum atomic E-state index is 0.0401. The van der Waals surface area contributed by atoms with Gasteiger partial charge < -0.3 is 19.1 Å². The molecule has 3 aromatic rings. The smallest absolute Gasteiger partial charge is 0.127 e. The summed E-state index contributed by atoms with van der Waals surface area (Å²) in [7, 11) is 8.43. The molecule has 0 radical (unpaired) electrons. The van der Waals surface area contributed by atoms with Gasteiger partial charge >= 0.3 is 0 Å². The van der Waals surface area contributed by atoms with E-state index in [1.165, 1.54) is 42.0 Å². The number of ether oxygens (including phenoxy) is 1. The molecule has 0 saturated carbocycles. The van der Waals surface area contributed by atoms with Crippen molar-refractivity contribution < 1.29 is 4.74 Å². The first-order valence-electron chi connectivity index (χ1n) is 15.4. The average molecular weight is 547 g/mol. The Morgan fingerprint density at radius 1 is 0.950 bits per heavy atom. The van der Waals surface area contributed by atoms with Gasteiger partial charge in [0.05, 0.1) is 24.2 Å². The Morgan fingerprint density at radius 3 is 2.35 bits per heavy atom. The van der Waals surface area contributed by atoms with Gasteiger partial charge in [-0.05, 0) is 96.2 Å². The van der Waals surface area contributed by atoms with Gasteiger partial charge in [0.2, 0.25) is 0 Å². The maximum atomic E-state index is 5.42. The number of methoxy groups -OCH3 is 1. The van der Waals surface area contributed by atoms with Crippen LogP contribution in [-0.4, -0.2) is 91.8 Å². The highest BCUT2D eigenvalue weighted by Crippen LogP contribution is 2.40. The molecular formula is C33H50N6O. The normalized spacial score (nSPS) is 19.7. The van der Waals surface area contributed by atoms with Crippen LogP contribution in [-0.2, 0) is 12.1 Å². The lowest BCUT2D eigenvalue weighted by Crippen LogP contribution is -2.50. The Hall–Kier alpha value is -2.61. The molecule has 2 aromatic carbocycles. The standard InChI is InChI=1S/C33H50N6O/c1-7-10-31(38-20-9-19-36(5)23-24-38)32-34-29-25-27(13-16-30(29)39(32)8-2)37-21-17-33(18-22-37,35(3)4)26-11-14-28(40-6)15-12-26/h11-16,25,31H,7-10,17-24H2,1-6H3. The highest BCUT2D eigenvalue weighted by Gasteiger charge is 2.38. The summed E-state index contributed by atoms with van der Waals surface area (Å²) in [6, 6.07) is 16.1. The molecule has 218 valence electrons. The van der Waals surface area contributed by atoms with Crippen LogP contribution in [0.4, 0.5) is 5.69 Å². The van der Waals surface area contributed by atoms with Crippen molar-refractivity contribution in [1.29, 1.82) is 0 Å². The van der Waals surface area contributed by atoms with E-state index in [1.807, 2.05) is 0 Å². The predicted octanol–water partition coefficient (Wildman–Crippen LogP) is 5.60. The number of fused-ring (bicyclic) bond motifs is 1. The third kappa shape index (κ3) is 5.61. The van der Waals surface area contributed by atoms with Crippen molar-refractivity contribution in [3.05, 3.63) is 53.9 Å². The van der Waals surface area contributed by atoms with Crippen LogP contribution in [0.1, 0.15) is 63.4 Å². The molecule has 2 aliphatic rings. The predicted molar refractivity (Wildman–Crippen MR) is 167 cm³/mol. The lowest BCUT2D eigenvalue weighted by Gasteiger charge is -2.47. The second-order valence-corrected chi connectivity index (χ2v) is 12.0. The van der Waals surface area contributed by atoms with Gasteiger partial charge in [-0.15, -0.1) is 0 Å². The Balaban J connectivity index is 1.39. The highest BCUT2D eigenvalue weighted by molar-refractivity contribution is 5.80. The number of rotatable bonds is 9. The number of hydrogen-bond acceptors (Lipinski definition) is 6. The zero-order valence-electron chi connectivity index (χ0n) is 25.7. The first-order chi connectivity index (χ1) is 19.4. The molecule has 0 amide bonds. The molecule has 1 aromatic heterocycles. The molecule has 40 heavy (non-hydrogen) atoms. The number of anilines is 1. The molecular weight excluding hydrogens is 496 g/mol. The molecule has 1 unspecified atom stereocenters. The van der Waals surface area contributed by atoms with Crippen molar-refractivity contribution in [3.63, 3.8) is 0 Å². The zero-order valence-corrected chi connectivity index (χ0v) is 25.7. The minimum absolute atomic E-state index is 0.0401. The van der Waals surface area contributed by atoms with E-state index in [1.54, 1.807) is 7.11 Å². The Kier molecular flexibility index (Phi) is 9.03. The second kappa shape index (κ2) is 12.5. The largest absolute Gasteiger partial charge is 0.497 e. The SMILES string of the molecule is CCCC(c1nc2cc(N3CCC(c4ccc(OC)cc4)(N(C)C)CC3)ccc2n1CC)N1CCCN(C)CC1. The summed E-state index contributed by atoms with van der Waals surface area (Å²) in [5, 5.41) is 0. The fourth-order valence-corrected chi connectivity index (χ4v) is 7.08. The number of aromatic nitrogens is 2. The van der Waals surface area contributed by atoms with E-state index < -0.39 is 0 Å². The lowest BCUT2D eigenvalue weighted by atomic mass is 9.79. The topological polar surface area (TPSA) is 40.0 Å². The van der Waals surface area contributed by atoms with Gasteiger partial charge in [0.1, 0.15) is 11.6 Å². The van der Waals surface area contributed by atoms with Crippen LogP contribution in [0.2, 0.25) is 0 Å². The zero-order chi connectivity index (χ0) is 28.3. The molecule has 0 spiro atoms. The van der Waals surface area contributed by atoms with Crippen LogP contribution in [0.5, 0.6) is 5.75 Å². The number of nitrogens with zero attached hydrogens (tertiary/aromatic N) is 6. The average Bonchev–Trinajstić information content (AvgIpc) is 3.21. The molecule has 7 nitrogen and oxygen atoms in total. The summed E-state index contributed by atoms with van der Waals surface area (Å²) in [6.45, 7) is 12.2. The quantitative estimate of drug-likeness (QED) is 0.348. The summed E-state index contributed by atoms with van der Waals surface area (Å²) < 4.78 is 7.89. The van der Waals surface area contributed by atoms with Crippen LogP contribution in [0.3, 0.4) is 0 Å². The van der Waals surface area contributed by atoms with Crippen LogP contribution >= 0.6 is 0 Å². The minimum Gasteiger partial charge on any atom is -0.497 e. The Bertz CT molecular complexity index is 1240. The first-order valence-corrected chi connectivity index (χ1v) is 15.4. The van der Waals surface area contributed by atoms with Gasteiger partial charge in [0, 0.05) is 50.5 Å². The van der Waals surface area contributed by atoms with Crippen molar-refractivity contribution in [2.45, 2.75) is 64.1 Å². The van der Waals surface area contributed by atoms with Crippen molar-refractivity contribution >= 4 is 16.7 Å². The summed E-state index contributed by atoms with van der Waals surface area (Å²) in [5.74, 6) is 2.17. The third-order valence-electron chi connectivity index (χ3n) is 9.57. The fraction of sp³-hybridized carbons (Fsp3) is 0.606. The maximum Gasteiger partial charge on any atom is 0.127 e. The molecule has 7 heteroatoms. The molecule has 3 heterocycles. The van der Waals surface area contributed by atoms with Gasteiger partial charge in [0.15, 0.2) is 0 Å². The lowest BCUT2D eigenvalue weighted by molar-refractivity contribution is 0.115. The number of likely N-dealkylation sites (N-methyl/N-ethyl adjacent to an activating group) is 1. The van der Waals surface area contributed by atoms with Gasteiger partial charge in [0.25, 0.3) is 0 Å². The van der Waals surface area contributed by atoms with E-state index in [0.29, 0.717) is 6.04 Å². The van der Waals surface area contributed by atoms with E-state index in [-0.39, 0.29) is 5.54 Å². The van der Waals surface area contributed by atoms with E-state index in [9.17, 15) is 0 Å². The van der Waals surface area contributed by atoms with Gasteiger partial charge in [-0.1, -0.05) is 25.5 Å². The second-order valence-electron chi connectivity index (χ2n) is 12.0. The molecule has 2 fully saturated rings. The molecule has 2 aliphatic heterocycles. The summed E-state index contributed by atoms with van der Waals surface area (Å²) in [4.78, 5) is 15.5. The van der Waals surface area contributed by atoms with Crippen LogP contribution in [0.15, 0.2) is 42.5 Å². The molecule has 5 rings (SSSR count). The van der Waals surface area contributed by atoms with Crippen LogP contribution in [0, 0.1) is 0 Å². The van der Waals surface area contributed by atoms with Gasteiger partial charge in [-0.3, -0.25) is 9.80 Å². The van der Waals surface area contributed by atoms with E-state index in [4.69, 9.17) is 9.72 Å². The van der Waals surface area contributed by atoms with E-state index in [2.05, 4.69) is 102 Å². The highest BCUT2D eigenvalue weighted by atomic mass is 16.5. The Labute approximate surface area is 241 Å². The first kappa shape index (κ1) is 28.9. The summed E-state index contributed by atoms with van der Waals surface area (Å²) in [6.07, 6.45) is 5.73. The van der Waals surface area contributed by atoms with Crippen molar-refractivity contribution in [1.82, 2.24) is 24.3 Å². The third-order valence-corrected chi connectivity index (χ3v) is 9.57. The van der Waals surface area contributed by atoms with E-state index in [0.717, 1.165) is 69.8 Å². The molecule has 2 saturated heterocycles. The molecule has 0 bridgehead atoms. The van der Waals surface area contributed by atoms with Crippen LogP contribution in [0.25, 0.3) is 11.0 Å². The molecule has 0 N–H and O–H groups in total. The number of imidazole rings is 1. The number of hydrogen-bond donors (Lipinski definition) is 0. The Morgan fingerprint density at radius 2 is 1.70 bits per heavy atom. The number of benzene rings is 2. The van der Waals surface area contributed by atoms with Crippen LogP contribution < -0.4 is 9.64 Å². The monoisotopic (exact) mass is 546 g/mol. The number of aryl methyl sites for hydroxylation is 1. The summed E-state index contributed by atoms with van der Waals surface area (Å²) in [5.41, 5.74) is 5.12. The number of piperidine rings is 1.